The first-order chi connectivity index (χ1) is 13.4. The van der Waals surface area contributed by atoms with Crippen molar-refractivity contribution in [1.29, 1.82) is 0 Å². The van der Waals surface area contributed by atoms with E-state index in [1.165, 1.54) is 11.6 Å². The lowest BCUT2D eigenvalue weighted by Gasteiger charge is -2.04. The van der Waals surface area contributed by atoms with Crippen LogP contribution in [0.5, 0.6) is 11.5 Å². The van der Waals surface area contributed by atoms with Crippen molar-refractivity contribution in [2.75, 3.05) is 6.79 Å². The third kappa shape index (κ3) is 3.13. The highest BCUT2D eigenvalue weighted by Crippen LogP contribution is 2.32. The Hall–Kier alpha value is -3.56. The maximum Gasteiger partial charge on any atom is 0.332 e. The number of imidazole rings is 1. The molecule has 0 saturated carbocycles. The van der Waals surface area contributed by atoms with Gasteiger partial charge in [-0.3, -0.25) is 18.7 Å². The Bertz CT molecular complexity index is 1190. The van der Waals surface area contributed by atoms with Crippen LogP contribution in [0.15, 0.2) is 27.8 Å². The number of hydrogen-bond donors (Lipinski definition) is 2. The Labute approximate surface area is 158 Å². The van der Waals surface area contributed by atoms with Gasteiger partial charge in [0.15, 0.2) is 17.1 Å². The van der Waals surface area contributed by atoms with Crippen molar-refractivity contribution < 1.29 is 14.3 Å². The molecule has 2 N–H and O–H groups in total. The van der Waals surface area contributed by atoms with Gasteiger partial charge in [0, 0.05) is 20.5 Å². The zero-order valence-corrected chi connectivity index (χ0v) is 15.4. The fourth-order valence-corrected chi connectivity index (χ4v) is 3.08. The Morgan fingerprint density at radius 2 is 2.00 bits per heavy atom. The molecule has 1 amide bonds. The fraction of sp³-hybridized carbons (Fsp3) is 0.333. The van der Waals surface area contributed by atoms with E-state index in [1.807, 2.05) is 18.2 Å². The van der Waals surface area contributed by atoms with Crippen LogP contribution in [-0.4, -0.2) is 31.8 Å². The van der Waals surface area contributed by atoms with Gasteiger partial charge in [0.05, 0.1) is 6.54 Å². The molecule has 3 heterocycles. The van der Waals surface area contributed by atoms with E-state index in [-0.39, 0.29) is 30.4 Å². The molecule has 0 spiro atoms. The van der Waals surface area contributed by atoms with Gasteiger partial charge in [-0.2, -0.15) is 0 Å². The van der Waals surface area contributed by atoms with E-state index in [4.69, 9.17) is 9.47 Å². The van der Waals surface area contributed by atoms with Crippen molar-refractivity contribution in [2.24, 2.45) is 14.1 Å². The van der Waals surface area contributed by atoms with Crippen LogP contribution in [0.4, 0.5) is 0 Å². The first-order valence-electron chi connectivity index (χ1n) is 8.74. The Balaban J connectivity index is 1.40. The van der Waals surface area contributed by atoms with Gasteiger partial charge in [0.1, 0.15) is 11.3 Å². The Morgan fingerprint density at radius 1 is 1.21 bits per heavy atom. The van der Waals surface area contributed by atoms with Crippen LogP contribution in [0.25, 0.3) is 11.2 Å². The largest absolute Gasteiger partial charge is 0.454 e. The SMILES string of the molecule is Cn1c(=O)c2[nH]c(CNC(=O)CCc3ccc4c(c3)OCO4)nc2n(C)c1=O. The zero-order chi connectivity index (χ0) is 19.8. The molecule has 146 valence electrons. The molecule has 0 unspecified atom stereocenters. The highest BCUT2D eigenvalue weighted by atomic mass is 16.7. The lowest BCUT2D eigenvalue weighted by atomic mass is 10.1. The van der Waals surface area contributed by atoms with Crippen molar-refractivity contribution >= 4 is 17.1 Å². The molecule has 28 heavy (non-hydrogen) atoms. The number of nitrogens with zero attached hydrogens (tertiary/aromatic N) is 3. The fourth-order valence-electron chi connectivity index (χ4n) is 3.08. The highest BCUT2D eigenvalue weighted by molar-refractivity contribution is 5.76. The molecule has 2 aromatic heterocycles. The Kier molecular flexibility index (Phi) is 4.38. The molecule has 0 fully saturated rings. The standard InChI is InChI=1S/C18H19N5O5/c1-22-16-15(17(25)23(2)18(22)26)20-13(21-16)8-19-14(24)6-4-10-3-5-11-12(7-10)28-9-27-11/h3,5,7H,4,6,8-9H2,1-2H3,(H,19,24)(H,20,21). The molecule has 1 aliphatic rings. The molecule has 10 heteroatoms. The lowest BCUT2D eigenvalue weighted by Crippen LogP contribution is -2.36. The molecule has 0 bridgehead atoms. The molecule has 0 atom stereocenters. The quantitative estimate of drug-likeness (QED) is 0.635. The van der Waals surface area contributed by atoms with E-state index < -0.39 is 11.2 Å². The van der Waals surface area contributed by atoms with Gasteiger partial charge >= 0.3 is 5.69 Å². The van der Waals surface area contributed by atoms with E-state index >= 15 is 0 Å². The van der Waals surface area contributed by atoms with Crippen molar-refractivity contribution in [3.05, 3.63) is 50.4 Å². The molecule has 1 aromatic carbocycles. The van der Waals surface area contributed by atoms with E-state index in [0.717, 1.165) is 10.1 Å². The van der Waals surface area contributed by atoms with Gasteiger partial charge in [-0.05, 0) is 24.1 Å². The van der Waals surface area contributed by atoms with Crippen LogP contribution in [0.1, 0.15) is 17.8 Å². The topological polar surface area (TPSA) is 120 Å². The number of amides is 1. The molecule has 0 aliphatic carbocycles. The minimum Gasteiger partial charge on any atom is -0.454 e. The van der Waals surface area contributed by atoms with Crippen LogP contribution in [0.3, 0.4) is 0 Å². The molecule has 0 radical (unpaired) electrons. The number of aromatic amines is 1. The third-order valence-electron chi connectivity index (χ3n) is 4.67. The van der Waals surface area contributed by atoms with Gasteiger partial charge in [0.25, 0.3) is 5.56 Å². The summed E-state index contributed by atoms with van der Waals surface area (Å²) in [5, 5.41) is 2.77. The van der Waals surface area contributed by atoms with Gasteiger partial charge in [0.2, 0.25) is 12.7 Å². The van der Waals surface area contributed by atoms with Crippen LogP contribution in [0, 0.1) is 0 Å². The maximum atomic E-state index is 12.2. The van der Waals surface area contributed by atoms with Gasteiger partial charge < -0.3 is 19.8 Å². The normalized spacial score (nSPS) is 12.5. The number of nitrogens with one attached hydrogen (secondary N) is 2. The number of carbonyl (C=O) groups is 1. The van der Waals surface area contributed by atoms with Crippen LogP contribution in [-0.2, 0) is 31.9 Å². The second-order valence-electron chi connectivity index (χ2n) is 6.55. The summed E-state index contributed by atoms with van der Waals surface area (Å²) < 4.78 is 12.9. The molecule has 1 aliphatic heterocycles. The molecule has 0 saturated heterocycles. The summed E-state index contributed by atoms with van der Waals surface area (Å²) in [5.74, 6) is 1.65. The van der Waals surface area contributed by atoms with Crippen LogP contribution < -0.4 is 26.0 Å². The number of benzene rings is 1. The van der Waals surface area contributed by atoms with Crippen molar-refractivity contribution in [3.8, 4) is 11.5 Å². The van der Waals surface area contributed by atoms with E-state index in [2.05, 4.69) is 15.3 Å². The maximum absolute atomic E-state index is 12.2. The van der Waals surface area contributed by atoms with E-state index in [9.17, 15) is 14.4 Å². The van der Waals surface area contributed by atoms with Gasteiger partial charge in [-0.1, -0.05) is 6.07 Å². The number of aryl methyl sites for hydroxylation is 2. The van der Waals surface area contributed by atoms with Crippen LogP contribution in [0.2, 0.25) is 0 Å². The summed E-state index contributed by atoms with van der Waals surface area (Å²) in [7, 11) is 2.95. The molecule has 4 rings (SSSR count). The summed E-state index contributed by atoms with van der Waals surface area (Å²) in [6.07, 6.45) is 0.845. The zero-order valence-electron chi connectivity index (χ0n) is 15.4. The smallest absolute Gasteiger partial charge is 0.332 e. The first kappa shape index (κ1) is 17.8. The van der Waals surface area contributed by atoms with Crippen LogP contribution >= 0.6 is 0 Å². The predicted molar refractivity (Wildman–Crippen MR) is 99.3 cm³/mol. The van der Waals surface area contributed by atoms with E-state index in [0.29, 0.717) is 30.2 Å². The number of aromatic nitrogens is 4. The minimum absolute atomic E-state index is 0.131. The number of carbonyl (C=O) groups excluding carboxylic acids is 1. The second-order valence-corrected chi connectivity index (χ2v) is 6.55. The summed E-state index contributed by atoms with van der Waals surface area (Å²) in [6, 6.07) is 5.59. The molecule has 3 aromatic rings. The second kappa shape index (κ2) is 6.87. The third-order valence-corrected chi connectivity index (χ3v) is 4.67. The van der Waals surface area contributed by atoms with Crippen molar-refractivity contribution in [2.45, 2.75) is 19.4 Å². The number of ether oxygens (including phenoxy) is 2. The monoisotopic (exact) mass is 385 g/mol. The predicted octanol–water partition coefficient (Wildman–Crippen LogP) is -0.0620. The minimum atomic E-state index is -0.455. The summed E-state index contributed by atoms with van der Waals surface area (Å²) >= 11 is 0. The molecule has 10 nitrogen and oxygen atoms in total. The number of rotatable bonds is 5. The van der Waals surface area contributed by atoms with Gasteiger partial charge in [-0.15, -0.1) is 0 Å². The molecular weight excluding hydrogens is 366 g/mol. The first-order valence-corrected chi connectivity index (χ1v) is 8.74. The number of fused-ring (bicyclic) bond motifs is 2. The van der Waals surface area contributed by atoms with Gasteiger partial charge in [-0.25, -0.2) is 9.78 Å². The van der Waals surface area contributed by atoms with Crippen molar-refractivity contribution in [3.63, 3.8) is 0 Å². The Morgan fingerprint density at radius 3 is 2.82 bits per heavy atom. The van der Waals surface area contributed by atoms with Crippen molar-refractivity contribution in [1.82, 2.24) is 24.4 Å². The summed E-state index contributed by atoms with van der Waals surface area (Å²) in [5.41, 5.74) is 0.558. The molecular formula is C18H19N5O5. The van der Waals surface area contributed by atoms with E-state index in [1.54, 1.807) is 7.05 Å². The lowest BCUT2D eigenvalue weighted by molar-refractivity contribution is -0.121. The average Bonchev–Trinajstić information content (AvgIpc) is 3.34. The number of hydrogen-bond acceptors (Lipinski definition) is 6. The summed E-state index contributed by atoms with van der Waals surface area (Å²) in [6.45, 7) is 0.345. The number of H-pyrrole nitrogens is 1. The summed E-state index contributed by atoms with van der Waals surface area (Å²) in [4.78, 5) is 43.4. The highest BCUT2D eigenvalue weighted by Gasteiger charge is 2.15. The average molecular weight is 385 g/mol.